The molecule has 0 aromatic heterocycles. The van der Waals surface area contributed by atoms with Crippen molar-refractivity contribution in [3.05, 3.63) is 0 Å². The Morgan fingerprint density at radius 3 is 2.29 bits per heavy atom. The Balaban J connectivity index is 2.77. The average Bonchev–Trinajstić information content (AvgIpc) is 2.93. The van der Waals surface area contributed by atoms with Gasteiger partial charge in [-0.25, -0.2) is 0 Å². The molecule has 0 aromatic rings. The lowest BCUT2D eigenvalue weighted by atomic mass is 9.83. The number of ether oxygens (including phenoxy) is 1. The van der Waals surface area contributed by atoms with E-state index in [0.29, 0.717) is 0 Å². The summed E-state index contributed by atoms with van der Waals surface area (Å²) in [5.74, 6) is -0.607. The molecule has 1 aliphatic carbocycles. The van der Waals surface area contributed by atoms with Crippen LogP contribution >= 0.6 is 0 Å². The van der Waals surface area contributed by atoms with E-state index in [1.54, 1.807) is 13.8 Å². The van der Waals surface area contributed by atoms with Gasteiger partial charge in [0.1, 0.15) is 5.54 Å². The van der Waals surface area contributed by atoms with E-state index in [1.807, 2.05) is 0 Å². The van der Waals surface area contributed by atoms with Crippen LogP contribution in [0.4, 0.5) is 13.2 Å². The number of nitrogens with one attached hydrogen (secondary N) is 1. The predicted molar refractivity (Wildman–Crippen MR) is 56.4 cm³/mol. The molecule has 0 amide bonds. The number of hydrogen-bond acceptors (Lipinski definition) is 3. The Labute approximate surface area is 98.7 Å². The molecule has 1 N–H and O–H groups in total. The average molecular weight is 253 g/mol. The molecule has 1 aliphatic rings. The summed E-state index contributed by atoms with van der Waals surface area (Å²) in [5, 5.41) is 2.32. The quantitative estimate of drug-likeness (QED) is 0.764. The fraction of sp³-hybridized carbons (Fsp3) is 0.909. The lowest BCUT2D eigenvalue weighted by Crippen LogP contribution is -2.58. The lowest BCUT2D eigenvalue weighted by molar-refractivity contribution is -0.158. The Morgan fingerprint density at radius 1 is 1.41 bits per heavy atom. The van der Waals surface area contributed by atoms with E-state index in [1.165, 1.54) is 6.92 Å². The highest BCUT2D eigenvalue weighted by atomic mass is 19.4. The third kappa shape index (κ3) is 3.12. The van der Waals surface area contributed by atoms with Crippen molar-refractivity contribution in [2.45, 2.75) is 45.3 Å². The van der Waals surface area contributed by atoms with Gasteiger partial charge in [-0.05, 0) is 32.1 Å². The summed E-state index contributed by atoms with van der Waals surface area (Å²) in [6, 6.07) is 0. The van der Waals surface area contributed by atoms with Crippen LogP contribution in [-0.2, 0) is 9.53 Å². The zero-order valence-electron chi connectivity index (χ0n) is 10.3. The van der Waals surface area contributed by atoms with Crippen LogP contribution in [0.25, 0.3) is 0 Å². The highest BCUT2D eigenvalue weighted by Crippen LogP contribution is 2.54. The fourth-order valence-electron chi connectivity index (χ4n) is 1.77. The third-order valence-corrected chi connectivity index (χ3v) is 3.53. The first kappa shape index (κ1) is 14.3. The van der Waals surface area contributed by atoms with Gasteiger partial charge in [0.05, 0.1) is 13.2 Å². The van der Waals surface area contributed by atoms with Gasteiger partial charge in [-0.3, -0.25) is 10.1 Å². The van der Waals surface area contributed by atoms with Gasteiger partial charge in [0, 0.05) is 0 Å². The van der Waals surface area contributed by atoms with Crippen LogP contribution in [0.3, 0.4) is 0 Å². The van der Waals surface area contributed by atoms with Crippen molar-refractivity contribution >= 4 is 5.97 Å². The normalized spacial score (nSPS) is 21.8. The Bertz CT molecular complexity index is 300. The van der Waals surface area contributed by atoms with Crippen molar-refractivity contribution in [1.82, 2.24) is 5.32 Å². The Morgan fingerprint density at radius 2 is 1.94 bits per heavy atom. The Kier molecular flexibility index (Phi) is 3.76. The third-order valence-electron chi connectivity index (χ3n) is 3.53. The van der Waals surface area contributed by atoms with Crippen molar-refractivity contribution in [2.75, 3.05) is 13.2 Å². The summed E-state index contributed by atoms with van der Waals surface area (Å²) in [6.45, 7) is 3.91. The van der Waals surface area contributed by atoms with Gasteiger partial charge in [-0.1, -0.05) is 6.92 Å². The highest BCUT2D eigenvalue weighted by Gasteiger charge is 2.58. The molecule has 3 nitrogen and oxygen atoms in total. The van der Waals surface area contributed by atoms with E-state index in [2.05, 4.69) is 5.32 Å². The summed E-state index contributed by atoms with van der Waals surface area (Å²) in [5.41, 5.74) is -1.71. The number of hydrogen-bond donors (Lipinski definition) is 1. The van der Waals surface area contributed by atoms with Gasteiger partial charge in [0.25, 0.3) is 0 Å². The van der Waals surface area contributed by atoms with Crippen molar-refractivity contribution in [2.24, 2.45) is 5.41 Å². The van der Waals surface area contributed by atoms with Gasteiger partial charge in [0.2, 0.25) is 0 Å². The van der Waals surface area contributed by atoms with Gasteiger partial charge in [0.15, 0.2) is 0 Å². The van der Waals surface area contributed by atoms with Crippen LogP contribution in [-0.4, -0.2) is 30.8 Å². The van der Waals surface area contributed by atoms with E-state index in [-0.39, 0.29) is 6.61 Å². The molecule has 0 aliphatic heterocycles. The van der Waals surface area contributed by atoms with Crippen LogP contribution in [0.15, 0.2) is 0 Å². The van der Waals surface area contributed by atoms with Gasteiger partial charge in [-0.2, -0.15) is 13.2 Å². The molecule has 0 heterocycles. The molecule has 6 heteroatoms. The van der Waals surface area contributed by atoms with Gasteiger partial charge < -0.3 is 4.74 Å². The maximum atomic E-state index is 12.2. The Hall–Kier alpha value is -0.780. The highest BCUT2D eigenvalue weighted by molar-refractivity contribution is 5.82. The second kappa shape index (κ2) is 4.48. The molecular weight excluding hydrogens is 235 g/mol. The SMILES string of the molecule is CCOC(=O)C(C)(NCC(F)(F)F)C1(C)CC1. The van der Waals surface area contributed by atoms with E-state index in [4.69, 9.17) is 4.74 Å². The zero-order chi connectivity index (χ0) is 13.3. The fourth-order valence-corrected chi connectivity index (χ4v) is 1.77. The largest absolute Gasteiger partial charge is 0.465 e. The topological polar surface area (TPSA) is 38.3 Å². The van der Waals surface area contributed by atoms with Crippen molar-refractivity contribution in [3.8, 4) is 0 Å². The molecule has 1 saturated carbocycles. The second-order valence-corrected chi connectivity index (χ2v) is 4.87. The molecule has 0 radical (unpaired) electrons. The summed E-state index contributed by atoms with van der Waals surface area (Å²) < 4.78 is 41.6. The summed E-state index contributed by atoms with van der Waals surface area (Å²) in [7, 11) is 0. The minimum absolute atomic E-state index is 0.165. The first-order chi connectivity index (χ1) is 7.65. The van der Waals surface area contributed by atoms with Crippen molar-refractivity contribution in [3.63, 3.8) is 0 Å². The van der Waals surface area contributed by atoms with Crippen LogP contribution in [0.5, 0.6) is 0 Å². The van der Waals surface area contributed by atoms with Crippen molar-refractivity contribution in [1.29, 1.82) is 0 Å². The van der Waals surface area contributed by atoms with Crippen molar-refractivity contribution < 1.29 is 22.7 Å². The first-order valence-electron chi connectivity index (χ1n) is 5.64. The molecule has 1 atom stereocenters. The van der Waals surface area contributed by atoms with E-state index in [0.717, 1.165) is 12.8 Å². The number of carbonyl (C=O) groups is 1. The maximum Gasteiger partial charge on any atom is 0.401 e. The maximum absolute atomic E-state index is 12.2. The van der Waals surface area contributed by atoms with E-state index in [9.17, 15) is 18.0 Å². The summed E-state index contributed by atoms with van der Waals surface area (Å²) >= 11 is 0. The summed E-state index contributed by atoms with van der Waals surface area (Å²) in [6.07, 6.45) is -2.88. The minimum Gasteiger partial charge on any atom is -0.465 e. The molecule has 0 aromatic carbocycles. The van der Waals surface area contributed by atoms with Crippen LogP contribution in [0.1, 0.15) is 33.6 Å². The molecule has 17 heavy (non-hydrogen) atoms. The first-order valence-corrected chi connectivity index (χ1v) is 5.64. The second-order valence-electron chi connectivity index (χ2n) is 4.87. The molecule has 0 saturated heterocycles. The molecule has 0 spiro atoms. The summed E-state index contributed by atoms with van der Waals surface area (Å²) in [4.78, 5) is 11.8. The van der Waals surface area contributed by atoms with Gasteiger partial charge in [-0.15, -0.1) is 0 Å². The smallest absolute Gasteiger partial charge is 0.401 e. The molecule has 0 bridgehead atoms. The predicted octanol–water partition coefficient (Wildman–Crippen LogP) is 2.26. The van der Waals surface area contributed by atoms with Crippen LogP contribution in [0.2, 0.25) is 0 Å². The number of halogens is 3. The number of alkyl halides is 3. The van der Waals surface area contributed by atoms with Crippen LogP contribution < -0.4 is 5.32 Å². The van der Waals surface area contributed by atoms with E-state index < -0.39 is 29.6 Å². The number of esters is 1. The zero-order valence-corrected chi connectivity index (χ0v) is 10.3. The molecule has 1 unspecified atom stereocenters. The molecular formula is C11H18F3NO2. The number of rotatable bonds is 5. The molecule has 100 valence electrons. The van der Waals surface area contributed by atoms with Gasteiger partial charge >= 0.3 is 12.1 Å². The molecule has 1 fully saturated rings. The number of carbonyl (C=O) groups excluding carboxylic acids is 1. The monoisotopic (exact) mass is 253 g/mol. The molecule has 1 rings (SSSR count). The minimum atomic E-state index is -4.33. The lowest BCUT2D eigenvalue weighted by Gasteiger charge is -2.35. The van der Waals surface area contributed by atoms with Crippen LogP contribution in [0, 0.1) is 5.41 Å². The standard InChI is InChI=1S/C11H18F3NO2/c1-4-17-8(16)10(3,9(2)5-6-9)15-7-11(12,13)14/h15H,4-7H2,1-3H3. The van der Waals surface area contributed by atoms with E-state index >= 15 is 0 Å².